The summed E-state index contributed by atoms with van der Waals surface area (Å²) in [4.78, 5) is 14.8. The van der Waals surface area contributed by atoms with Gasteiger partial charge in [0, 0.05) is 18.4 Å². The van der Waals surface area contributed by atoms with Crippen LogP contribution >= 0.6 is 0 Å². The first kappa shape index (κ1) is 12.5. The molecule has 0 unspecified atom stereocenters. The van der Waals surface area contributed by atoms with Crippen molar-refractivity contribution in [2.75, 3.05) is 0 Å². The summed E-state index contributed by atoms with van der Waals surface area (Å²) in [6.07, 6.45) is -2.69. The number of nitrogens with zero attached hydrogens (tertiary/aromatic N) is 1. The fraction of sp³-hybridized carbons (Fsp3) is 0.400. The average Bonchev–Trinajstić information content (AvgIpc) is 2.15. The lowest BCUT2D eigenvalue weighted by Gasteiger charge is -2.10. The third-order valence-electron chi connectivity index (χ3n) is 1.75. The average molecular weight is 232 g/mol. The lowest BCUT2D eigenvalue weighted by atomic mass is 10.2. The summed E-state index contributed by atoms with van der Waals surface area (Å²) in [5.41, 5.74) is -1.02. The zero-order valence-corrected chi connectivity index (χ0v) is 8.80. The highest BCUT2D eigenvalue weighted by atomic mass is 19.4. The van der Waals surface area contributed by atoms with E-state index in [4.69, 9.17) is 0 Å². The third kappa shape index (κ3) is 3.22. The minimum absolute atomic E-state index is 0.0940. The Labute approximate surface area is 90.7 Å². The van der Waals surface area contributed by atoms with E-state index in [2.05, 4.69) is 10.3 Å². The van der Waals surface area contributed by atoms with Gasteiger partial charge in [-0.3, -0.25) is 9.78 Å². The van der Waals surface area contributed by atoms with Gasteiger partial charge in [-0.2, -0.15) is 13.2 Å². The van der Waals surface area contributed by atoms with Gasteiger partial charge in [-0.15, -0.1) is 0 Å². The van der Waals surface area contributed by atoms with Crippen molar-refractivity contribution in [2.45, 2.75) is 26.1 Å². The van der Waals surface area contributed by atoms with Crippen molar-refractivity contribution in [3.63, 3.8) is 0 Å². The number of rotatable bonds is 2. The van der Waals surface area contributed by atoms with Crippen LogP contribution in [0.4, 0.5) is 13.2 Å². The zero-order valence-electron chi connectivity index (χ0n) is 8.80. The number of alkyl halides is 3. The lowest BCUT2D eigenvalue weighted by Crippen LogP contribution is -2.30. The SMILES string of the molecule is CC(C)NC(=O)c1cncc(C(F)(F)F)c1. The number of hydrogen-bond donors (Lipinski definition) is 1. The number of aromatic nitrogens is 1. The van der Waals surface area contributed by atoms with Gasteiger partial charge in [-0.25, -0.2) is 0 Å². The van der Waals surface area contributed by atoms with Crippen molar-refractivity contribution < 1.29 is 18.0 Å². The molecule has 0 aliphatic heterocycles. The van der Waals surface area contributed by atoms with Crippen LogP contribution in [-0.4, -0.2) is 16.9 Å². The number of pyridine rings is 1. The molecule has 1 rings (SSSR count). The molecule has 16 heavy (non-hydrogen) atoms. The molecule has 0 radical (unpaired) electrons. The number of carbonyl (C=O) groups excluding carboxylic acids is 1. The van der Waals surface area contributed by atoms with Gasteiger partial charge in [0.1, 0.15) is 0 Å². The topological polar surface area (TPSA) is 42.0 Å². The molecule has 1 heterocycles. The van der Waals surface area contributed by atoms with Crippen molar-refractivity contribution in [1.82, 2.24) is 10.3 Å². The van der Waals surface area contributed by atoms with Gasteiger partial charge < -0.3 is 5.32 Å². The molecule has 1 aromatic rings. The van der Waals surface area contributed by atoms with Gasteiger partial charge in [0.05, 0.1) is 11.1 Å². The Kier molecular flexibility index (Phi) is 3.51. The van der Waals surface area contributed by atoms with Crippen LogP contribution in [0.15, 0.2) is 18.5 Å². The Hall–Kier alpha value is -1.59. The molecule has 3 nitrogen and oxygen atoms in total. The maximum absolute atomic E-state index is 12.3. The number of halogens is 3. The molecule has 0 spiro atoms. The second-order valence-electron chi connectivity index (χ2n) is 3.59. The van der Waals surface area contributed by atoms with Crippen LogP contribution in [-0.2, 0) is 6.18 Å². The largest absolute Gasteiger partial charge is 0.417 e. The maximum atomic E-state index is 12.3. The first-order valence-corrected chi connectivity index (χ1v) is 4.64. The second kappa shape index (κ2) is 4.51. The summed E-state index contributed by atoms with van der Waals surface area (Å²) in [6.45, 7) is 3.44. The fourth-order valence-electron chi connectivity index (χ4n) is 1.06. The first-order valence-electron chi connectivity index (χ1n) is 4.64. The summed E-state index contributed by atoms with van der Waals surface area (Å²) in [6, 6.07) is 0.645. The van der Waals surface area contributed by atoms with Crippen molar-refractivity contribution in [3.05, 3.63) is 29.6 Å². The van der Waals surface area contributed by atoms with Crippen molar-refractivity contribution in [2.24, 2.45) is 0 Å². The number of amides is 1. The summed E-state index contributed by atoms with van der Waals surface area (Å²) in [5.74, 6) is -0.561. The van der Waals surface area contributed by atoms with Crippen molar-refractivity contribution in [1.29, 1.82) is 0 Å². The minimum Gasteiger partial charge on any atom is -0.350 e. The Morgan fingerprint density at radius 3 is 2.50 bits per heavy atom. The van der Waals surface area contributed by atoms with E-state index >= 15 is 0 Å². The number of carbonyl (C=O) groups is 1. The highest BCUT2D eigenvalue weighted by Gasteiger charge is 2.31. The molecule has 6 heteroatoms. The number of hydrogen-bond acceptors (Lipinski definition) is 2. The minimum atomic E-state index is -4.48. The van der Waals surface area contributed by atoms with Crippen LogP contribution in [0.1, 0.15) is 29.8 Å². The first-order chi connectivity index (χ1) is 7.30. The summed E-state index contributed by atoms with van der Waals surface area (Å²) < 4.78 is 37.0. The maximum Gasteiger partial charge on any atom is 0.417 e. The van der Waals surface area contributed by atoms with Gasteiger partial charge in [0.2, 0.25) is 0 Å². The smallest absolute Gasteiger partial charge is 0.350 e. The summed E-state index contributed by atoms with van der Waals surface area (Å²) in [7, 11) is 0. The van der Waals surface area contributed by atoms with Gasteiger partial charge in [0.25, 0.3) is 5.91 Å². The molecule has 1 amide bonds. The molecule has 0 aromatic carbocycles. The molecule has 0 fully saturated rings. The molecule has 0 atom stereocenters. The van der Waals surface area contributed by atoms with Crippen LogP contribution in [0.2, 0.25) is 0 Å². The standard InChI is InChI=1S/C10H11F3N2O/c1-6(2)15-9(16)7-3-8(5-14-4-7)10(11,12)13/h3-6H,1-2H3,(H,15,16). The van der Waals surface area contributed by atoms with Crippen LogP contribution in [0.3, 0.4) is 0 Å². The van der Waals surface area contributed by atoms with Gasteiger partial charge >= 0.3 is 6.18 Å². The molecule has 0 aliphatic rings. The second-order valence-corrected chi connectivity index (χ2v) is 3.59. The van der Waals surface area contributed by atoms with E-state index in [-0.39, 0.29) is 11.6 Å². The highest BCUT2D eigenvalue weighted by molar-refractivity contribution is 5.94. The molecule has 0 bridgehead atoms. The van der Waals surface area contributed by atoms with Crippen LogP contribution < -0.4 is 5.32 Å². The quantitative estimate of drug-likeness (QED) is 0.849. The predicted octanol–water partition coefficient (Wildman–Crippen LogP) is 2.24. The molecule has 88 valence electrons. The molecule has 0 saturated carbocycles. The molecular weight excluding hydrogens is 221 g/mol. The van der Waals surface area contributed by atoms with Crippen LogP contribution in [0.5, 0.6) is 0 Å². The summed E-state index contributed by atoms with van der Waals surface area (Å²) in [5, 5.41) is 2.49. The molecule has 0 saturated heterocycles. The van der Waals surface area contributed by atoms with E-state index in [1.807, 2.05) is 0 Å². The van der Waals surface area contributed by atoms with E-state index in [9.17, 15) is 18.0 Å². The monoisotopic (exact) mass is 232 g/mol. The normalized spacial score (nSPS) is 11.6. The highest BCUT2D eigenvalue weighted by Crippen LogP contribution is 2.28. The molecule has 1 aromatic heterocycles. The Morgan fingerprint density at radius 2 is 2.00 bits per heavy atom. The molecule has 0 aliphatic carbocycles. The van der Waals surface area contributed by atoms with E-state index in [0.29, 0.717) is 6.20 Å². The molecule has 1 N–H and O–H groups in total. The third-order valence-corrected chi connectivity index (χ3v) is 1.75. The number of nitrogens with one attached hydrogen (secondary N) is 1. The lowest BCUT2D eigenvalue weighted by molar-refractivity contribution is -0.137. The van der Waals surface area contributed by atoms with Crippen molar-refractivity contribution in [3.8, 4) is 0 Å². The Bertz CT molecular complexity index is 388. The summed E-state index contributed by atoms with van der Waals surface area (Å²) >= 11 is 0. The van der Waals surface area contributed by atoms with Crippen LogP contribution in [0, 0.1) is 0 Å². The van der Waals surface area contributed by atoms with Gasteiger partial charge in [-0.1, -0.05) is 0 Å². The van der Waals surface area contributed by atoms with E-state index in [1.54, 1.807) is 13.8 Å². The van der Waals surface area contributed by atoms with E-state index in [1.165, 1.54) is 0 Å². The van der Waals surface area contributed by atoms with Crippen molar-refractivity contribution >= 4 is 5.91 Å². The van der Waals surface area contributed by atoms with E-state index < -0.39 is 17.6 Å². The Balaban J connectivity index is 2.95. The zero-order chi connectivity index (χ0) is 12.3. The molecular formula is C10H11F3N2O. The predicted molar refractivity (Wildman–Crippen MR) is 51.8 cm³/mol. The van der Waals surface area contributed by atoms with Gasteiger partial charge in [-0.05, 0) is 19.9 Å². The van der Waals surface area contributed by atoms with Crippen LogP contribution in [0.25, 0.3) is 0 Å². The fourth-order valence-corrected chi connectivity index (χ4v) is 1.06. The van der Waals surface area contributed by atoms with E-state index in [0.717, 1.165) is 12.3 Å². The van der Waals surface area contributed by atoms with Gasteiger partial charge in [0.15, 0.2) is 0 Å². The Morgan fingerprint density at radius 1 is 1.38 bits per heavy atom.